The van der Waals surface area contributed by atoms with Crippen molar-refractivity contribution in [3.63, 3.8) is 0 Å². The summed E-state index contributed by atoms with van der Waals surface area (Å²) in [6.45, 7) is 15.3. The Morgan fingerprint density at radius 2 is 1.58 bits per heavy atom. The molecule has 0 aromatic heterocycles. The van der Waals surface area contributed by atoms with Gasteiger partial charge in [0.05, 0.1) is 6.61 Å². The van der Waals surface area contributed by atoms with Gasteiger partial charge in [-0.2, -0.15) is 0 Å². The average Bonchev–Trinajstić information content (AvgIpc) is 2.38. The minimum absolute atomic E-state index is 0.00708. The van der Waals surface area contributed by atoms with Gasteiger partial charge in [0.15, 0.2) is 0 Å². The van der Waals surface area contributed by atoms with Gasteiger partial charge in [-0.3, -0.25) is 9.80 Å². The Bertz CT molecular complexity index is 257. The highest BCUT2D eigenvalue weighted by Crippen LogP contribution is 2.23. The molecule has 0 radical (unpaired) electrons. The van der Waals surface area contributed by atoms with E-state index in [9.17, 15) is 5.11 Å². The number of nitrogens with two attached hydrogens (primary N) is 1. The van der Waals surface area contributed by atoms with Gasteiger partial charge in [-0.1, -0.05) is 27.7 Å². The Balaban J connectivity index is 2.57. The van der Waals surface area contributed by atoms with E-state index in [4.69, 9.17) is 5.73 Å². The molecule has 19 heavy (non-hydrogen) atoms. The van der Waals surface area contributed by atoms with Crippen molar-refractivity contribution in [1.82, 2.24) is 9.80 Å². The highest BCUT2D eigenvalue weighted by molar-refractivity contribution is 4.91. The average molecular weight is 271 g/mol. The molecule has 1 aliphatic heterocycles. The fourth-order valence-corrected chi connectivity index (χ4v) is 2.80. The number of aliphatic hydroxyl groups is 1. The first-order valence-corrected chi connectivity index (χ1v) is 7.65. The van der Waals surface area contributed by atoms with Crippen molar-refractivity contribution in [1.29, 1.82) is 0 Å². The Morgan fingerprint density at radius 1 is 1.11 bits per heavy atom. The topological polar surface area (TPSA) is 52.7 Å². The van der Waals surface area contributed by atoms with E-state index in [1.165, 1.54) is 6.42 Å². The van der Waals surface area contributed by atoms with Crippen LogP contribution in [0.5, 0.6) is 0 Å². The molecule has 3 N–H and O–H groups in total. The predicted molar refractivity (Wildman–Crippen MR) is 81.2 cm³/mol. The lowest BCUT2D eigenvalue weighted by atomic mass is 9.82. The zero-order valence-electron chi connectivity index (χ0n) is 13.4. The van der Waals surface area contributed by atoms with Crippen molar-refractivity contribution in [3.8, 4) is 0 Å². The summed E-state index contributed by atoms with van der Waals surface area (Å²) >= 11 is 0. The molecular weight excluding hydrogens is 238 g/mol. The maximum absolute atomic E-state index is 9.70. The molecule has 1 heterocycles. The molecule has 114 valence electrons. The molecule has 1 rings (SSSR count). The van der Waals surface area contributed by atoms with Crippen LogP contribution in [-0.2, 0) is 0 Å². The summed E-state index contributed by atoms with van der Waals surface area (Å²) in [5.74, 6) is 0. The molecule has 1 fully saturated rings. The van der Waals surface area contributed by atoms with Crippen LogP contribution in [0.2, 0.25) is 0 Å². The van der Waals surface area contributed by atoms with E-state index >= 15 is 0 Å². The number of hydrogen-bond acceptors (Lipinski definition) is 4. The molecule has 0 aliphatic carbocycles. The normalized spacial score (nSPS) is 24.2. The fraction of sp³-hybridized carbons (Fsp3) is 1.00. The minimum atomic E-state index is 0.00708. The van der Waals surface area contributed by atoms with Crippen molar-refractivity contribution >= 4 is 0 Å². The smallest absolute Gasteiger partial charge is 0.0602 e. The molecule has 0 saturated carbocycles. The summed E-state index contributed by atoms with van der Waals surface area (Å²) in [6, 6.07) is 0.748. The van der Waals surface area contributed by atoms with Crippen LogP contribution in [0.25, 0.3) is 0 Å². The van der Waals surface area contributed by atoms with Crippen molar-refractivity contribution in [3.05, 3.63) is 0 Å². The zero-order chi connectivity index (χ0) is 14.6. The first kappa shape index (κ1) is 16.9. The molecular formula is C15H33N3O. The minimum Gasteiger partial charge on any atom is -0.395 e. The molecule has 3 atom stereocenters. The summed E-state index contributed by atoms with van der Waals surface area (Å²) in [6.07, 6.45) is 1.20. The van der Waals surface area contributed by atoms with Gasteiger partial charge in [-0.25, -0.2) is 0 Å². The Hall–Kier alpha value is -0.160. The van der Waals surface area contributed by atoms with Crippen LogP contribution in [0.4, 0.5) is 0 Å². The van der Waals surface area contributed by atoms with Gasteiger partial charge in [0.25, 0.3) is 0 Å². The standard InChI is InChI=1S/C15H33N3O/c1-6-12(2)17-7-9-18(10-8-17)13(11-19)14(16)15(3,4)5/h12-14,19H,6-11,16H2,1-5H3. The van der Waals surface area contributed by atoms with Crippen molar-refractivity contribution in [2.45, 2.75) is 59.2 Å². The zero-order valence-corrected chi connectivity index (χ0v) is 13.4. The highest BCUT2D eigenvalue weighted by Gasteiger charge is 2.34. The van der Waals surface area contributed by atoms with Crippen LogP contribution in [0.3, 0.4) is 0 Å². The van der Waals surface area contributed by atoms with Gasteiger partial charge in [0.1, 0.15) is 0 Å². The lowest BCUT2D eigenvalue weighted by Gasteiger charge is -2.45. The van der Waals surface area contributed by atoms with Crippen molar-refractivity contribution in [2.75, 3.05) is 32.8 Å². The van der Waals surface area contributed by atoms with Crippen LogP contribution in [-0.4, -0.2) is 65.8 Å². The largest absolute Gasteiger partial charge is 0.395 e. The monoisotopic (exact) mass is 271 g/mol. The van der Waals surface area contributed by atoms with E-state index in [0.29, 0.717) is 6.04 Å². The molecule has 0 aromatic rings. The maximum atomic E-state index is 9.70. The maximum Gasteiger partial charge on any atom is 0.0602 e. The van der Waals surface area contributed by atoms with Gasteiger partial charge >= 0.3 is 0 Å². The van der Waals surface area contributed by atoms with Crippen LogP contribution in [0.1, 0.15) is 41.0 Å². The number of nitrogens with zero attached hydrogens (tertiary/aromatic N) is 2. The van der Waals surface area contributed by atoms with Crippen LogP contribution < -0.4 is 5.73 Å². The summed E-state index contributed by atoms with van der Waals surface area (Å²) in [7, 11) is 0. The van der Waals surface area contributed by atoms with E-state index in [2.05, 4.69) is 44.4 Å². The quantitative estimate of drug-likeness (QED) is 0.787. The second-order valence-corrected chi connectivity index (χ2v) is 6.97. The molecule has 0 aromatic carbocycles. The van der Waals surface area contributed by atoms with Gasteiger partial charge in [0.2, 0.25) is 0 Å². The summed E-state index contributed by atoms with van der Waals surface area (Å²) in [5, 5.41) is 9.70. The van der Waals surface area contributed by atoms with E-state index in [0.717, 1.165) is 26.2 Å². The van der Waals surface area contributed by atoms with E-state index < -0.39 is 0 Å². The SMILES string of the molecule is CCC(C)N1CCN(C(CO)C(N)C(C)(C)C)CC1. The third kappa shape index (κ3) is 4.42. The molecule has 4 nitrogen and oxygen atoms in total. The van der Waals surface area contributed by atoms with E-state index in [1.807, 2.05) is 0 Å². The second-order valence-electron chi connectivity index (χ2n) is 6.97. The van der Waals surface area contributed by atoms with Gasteiger partial charge in [-0.15, -0.1) is 0 Å². The molecule has 3 unspecified atom stereocenters. The Kier molecular flexibility index (Phi) is 6.24. The molecule has 0 bridgehead atoms. The molecule has 0 amide bonds. The fourth-order valence-electron chi connectivity index (χ4n) is 2.80. The molecule has 1 saturated heterocycles. The number of piperazine rings is 1. The first-order valence-electron chi connectivity index (χ1n) is 7.65. The number of rotatable bonds is 5. The number of hydrogen-bond donors (Lipinski definition) is 2. The van der Waals surface area contributed by atoms with Crippen LogP contribution >= 0.6 is 0 Å². The summed E-state index contributed by atoms with van der Waals surface area (Å²) < 4.78 is 0. The predicted octanol–water partition coefficient (Wildman–Crippen LogP) is 1.14. The van der Waals surface area contributed by atoms with E-state index in [-0.39, 0.29) is 24.1 Å². The lowest BCUT2D eigenvalue weighted by molar-refractivity contribution is 0.0224. The van der Waals surface area contributed by atoms with Gasteiger partial charge in [0, 0.05) is 44.3 Å². The lowest BCUT2D eigenvalue weighted by Crippen LogP contribution is -2.60. The second kappa shape index (κ2) is 7.02. The summed E-state index contributed by atoms with van der Waals surface area (Å²) in [5.41, 5.74) is 6.37. The highest BCUT2D eigenvalue weighted by atomic mass is 16.3. The van der Waals surface area contributed by atoms with Crippen molar-refractivity contribution in [2.24, 2.45) is 11.1 Å². The van der Waals surface area contributed by atoms with Gasteiger partial charge in [-0.05, 0) is 18.8 Å². The summed E-state index contributed by atoms with van der Waals surface area (Å²) in [4.78, 5) is 4.91. The third-order valence-electron chi connectivity index (χ3n) is 4.63. The molecule has 1 aliphatic rings. The first-order chi connectivity index (χ1) is 8.81. The third-order valence-corrected chi connectivity index (χ3v) is 4.63. The molecule has 0 spiro atoms. The number of aliphatic hydroxyl groups excluding tert-OH is 1. The Morgan fingerprint density at radius 3 is 1.95 bits per heavy atom. The Labute approximate surface area is 118 Å². The van der Waals surface area contributed by atoms with Crippen LogP contribution in [0, 0.1) is 5.41 Å². The van der Waals surface area contributed by atoms with Crippen molar-refractivity contribution < 1.29 is 5.11 Å². The molecule has 4 heteroatoms. The van der Waals surface area contributed by atoms with Crippen LogP contribution in [0.15, 0.2) is 0 Å². The van der Waals surface area contributed by atoms with E-state index in [1.54, 1.807) is 0 Å². The van der Waals surface area contributed by atoms with Gasteiger partial charge < -0.3 is 10.8 Å².